The van der Waals surface area contributed by atoms with Crippen LogP contribution >= 0.6 is 35.3 Å². The van der Waals surface area contributed by atoms with Crippen LogP contribution < -0.4 is 15.5 Å². The van der Waals surface area contributed by atoms with Crippen LogP contribution in [0.3, 0.4) is 0 Å². The number of para-hydroxylation sites is 1. The SMILES string of the molecule is CCNC(=NCc1ccccc1N1CCOCC1)NCc1ccc(C)s1.I. The summed E-state index contributed by atoms with van der Waals surface area (Å²) < 4.78 is 5.48. The van der Waals surface area contributed by atoms with Gasteiger partial charge in [0.2, 0.25) is 0 Å². The zero-order valence-corrected chi connectivity index (χ0v) is 19.2. The van der Waals surface area contributed by atoms with Gasteiger partial charge in [-0.1, -0.05) is 18.2 Å². The number of hydrogen-bond acceptors (Lipinski definition) is 4. The topological polar surface area (TPSA) is 48.9 Å². The van der Waals surface area contributed by atoms with Crippen molar-refractivity contribution in [2.75, 3.05) is 37.7 Å². The molecule has 0 saturated carbocycles. The van der Waals surface area contributed by atoms with Crippen LogP contribution in [0.5, 0.6) is 0 Å². The smallest absolute Gasteiger partial charge is 0.191 e. The summed E-state index contributed by atoms with van der Waals surface area (Å²) in [5, 5.41) is 6.77. The molecule has 2 heterocycles. The standard InChI is InChI=1S/C20H28N4OS.HI/c1-3-21-20(23-15-18-9-8-16(2)26-18)22-14-17-6-4-5-7-19(17)24-10-12-25-13-11-24;/h4-9H,3,10-15H2,1-2H3,(H2,21,22,23);1H. The normalized spacial score (nSPS) is 14.6. The zero-order chi connectivity index (χ0) is 18.2. The lowest BCUT2D eigenvalue weighted by atomic mass is 10.1. The minimum absolute atomic E-state index is 0. The van der Waals surface area contributed by atoms with E-state index in [-0.39, 0.29) is 24.0 Å². The van der Waals surface area contributed by atoms with Crippen LogP contribution in [0.4, 0.5) is 5.69 Å². The number of guanidine groups is 1. The van der Waals surface area contributed by atoms with Gasteiger partial charge in [-0.3, -0.25) is 0 Å². The molecule has 5 nitrogen and oxygen atoms in total. The number of aliphatic imine (C=N–C) groups is 1. The van der Waals surface area contributed by atoms with Crippen molar-refractivity contribution >= 4 is 47.0 Å². The van der Waals surface area contributed by atoms with Crippen molar-refractivity contribution in [3.05, 3.63) is 51.7 Å². The Kier molecular flexibility index (Phi) is 9.36. The van der Waals surface area contributed by atoms with Crippen molar-refractivity contribution in [2.24, 2.45) is 4.99 Å². The van der Waals surface area contributed by atoms with Gasteiger partial charge in [-0.05, 0) is 37.6 Å². The molecule has 0 amide bonds. The van der Waals surface area contributed by atoms with E-state index in [1.165, 1.54) is 21.0 Å². The molecule has 0 atom stereocenters. The molecule has 2 N–H and O–H groups in total. The highest BCUT2D eigenvalue weighted by molar-refractivity contribution is 14.0. The molecule has 0 radical (unpaired) electrons. The first-order valence-electron chi connectivity index (χ1n) is 9.24. The fourth-order valence-electron chi connectivity index (χ4n) is 3.01. The van der Waals surface area contributed by atoms with Crippen LogP contribution in [-0.2, 0) is 17.8 Å². The van der Waals surface area contributed by atoms with Crippen molar-refractivity contribution in [1.29, 1.82) is 0 Å². The molecule has 3 rings (SSSR count). The average Bonchev–Trinajstić information content (AvgIpc) is 3.10. The third-order valence-electron chi connectivity index (χ3n) is 4.32. The summed E-state index contributed by atoms with van der Waals surface area (Å²) >= 11 is 1.82. The lowest BCUT2D eigenvalue weighted by molar-refractivity contribution is 0.122. The third-order valence-corrected chi connectivity index (χ3v) is 5.32. The Bertz CT molecular complexity index is 728. The molecule has 1 aromatic carbocycles. The number of ether oxygens (including phenoxy) is 1. The predicted octanol–water partition coefficient (Wildman–Crippen LogP) is 3.77. The molecule has 0 spiro atoms. The average molecular weight is 500 g/mol. The molecular weight excluding hydrogens is 471 g/mol. The largest absolute Gasteiger partial charge is 0.378 e. The summed E-state index contributed by atoms with van der Waals surface area (Å²) in [4.78, 5) is 9.85. The van der Waals surface area contributed by atoms with Gasteiger partial charge in [-0.2, -0.15) is 0 Å². The number of benzene rings is 1. The van der Waals surface area contributed by atoms with E-state index in [1.807, 2.05) is 11.3 Å². The van der Waals surface area contributed by atoms with Gasteiger partial charge >= 0.3 is 0 Å². The van der Waals surface area contributed by atoms with Gasteiger partial charge in [0.05, 0.1) is 26.3 Å². The number of hydrogen-bond donors (Lipinski definition) is 2. The highest BCUT2D eigenvalue weighted by Gasteiger charge is 2.14. The molecule has 1 aliphatic rings. The second kappa shape index (κ2) is 11.5. The Morgan fingerprint density at radius 1 is 1.15 bits per heavy atom. The Morgan fingerprint density at radius 3 is 2.63 bits per heavy atom. The monoisotopic (exact) mass is 500 g/mol. The highest BCUT2D eigenvalue weighted by Crippen LogP contribution is 2.22. The van der Waals surface area contributed by atoms with Crippen molar-refractivity contribution in [1.82, 2.24) is 10.6 Å². The Morgan fingerprint density at radius 2 is 1.93 bits per heavy atom. The van der Waals surface area contributed by atoms with Gasteiger partial charge in [0.25, 0.3) is 0 Å². The van der Waals surface area contributed by atoms with Crippen LogP contribution in [0.1, 0.15) is 22.2 Å². The molecule has 1 aliphatic heterocycles. The summed E-state index contributed by atoms with van der Waals surface area (Å²) in [7, 11) is 0. The summed E-state index contributed by atoms with van der Waals surface area (Å²) in [6.07, 6.45) is 0. The molecule has 0 bridgehead atoms. The zero-order valence-electron chi connectivity index (χ0n) is 16.0. The molecular formula is C20H29IN4OS. The summed E-state index contributed by atoms with van der Waals surface area (Å²) in [6.45, 7) is 10.0. The quantitative estimate of drug-likeness (QED) is 0.360. The van der Waals surface area contributed by atoms with E-state index in [0.29, 0.717) is 6.54 Å². The van der Waals surface area contributed by atoms with Crippen molar-refractivity contribution in [3.63, 3.8) is 0 Å². The number of thiophene rings is 1. The van der Waals surface area contributed by atoms with Crippen molar-refractivity contribution < 1.29 is 4.74 Å². The highest BCUT2D eigenvalue weighted by atomic mass is 127. The van der Waals surface area contributed by atoms with Crippen LogP contribution in [0.15, 0.2) is 41.4 Å². The predicted molar refractivity (Wildman–Crippen MR) is 126 cm³/mol. The van der Waals surface area contributed by atoms with Crippen molar-refractivity contribution in [2.45, 2.75) is 26.9 Å². The number of aryl methyl sites for hydroxylation is 1. The maximum Gasteiger partial charge on any atom is 0.191 e. The Labute approximate surface area is 183 Å². The number of rotatable bonds is 6. The third kappa shape index (κ3) is 6.65. The van der Waals surface area contributed by atoms with Crippen LogP contribution in [0.25, 0.3) is 0 Å². The van der Waals surface area contributed by atoms with Gasteiger partial charge in [-0.25, -0.2) is 4.99 Å². The number of nitrogens with zero attached hydrogens (tertiary/aromatic N) is 2. The van der Waals surface area contributed by atoms with E-state index in [9.17, 15) is 0 Å². The van der Waals surface area contributed by atoms with Gasteiger partial charge in [0.15, 0.2) is 5.96 Å². The lowest BCUT2D eigenvalue weighted by Crippen LogP contribution is -2.37. The van der Waals surface area contributed by atoms with Gasteiger partial charge in [0, 0.05) is 35.1 Å². The van der Waals surface area contributed by atoms with Gasteiger partial charge in [0.1, 0.15) is 0 Å². The molecule has 2 aromatic rings. The molecule has 1 saturated heterocycles. The number of anilines is 1. The molecule has 1 aromatic heterocycles. The summed E-state index contributed by atoms with van der Waals surface area (Å²) in [6, 6.07) is 12.9. The first-order chi connectivity index (χ1) is 12.8. The van der Waals surface area contributed by atoms with E-state index in [0.717, 1.165) is 45.4 Å². The summed E-state index contributed by atoms with van der Waals surface area (Å²) in [5.74, 6) is 0.857. The Balaban J connectivity index is 0.00000261. The van der Waals surface area contributed by atoms with E-state index in [4.69, 9.17) is 9.73 Å². The van der Waals surface area contributed by atoms with Crippen LogP contribution in [-0.4, -0.2) is 38.8 Å². The fraction of sp³-hybridized carbons (Fsp3) is 0.450. The minimum atomic E-state index is 0. The van der Waals surface area contributed by atoms with E-state index in [2.05, 4.69) is 65.8 Å². The number of nitrogens with one attached hydrogen (secondary N) is 2. The first kappa shape index (κ1) is 22.0. The second-order valence-electron chi connectivity index (χ2n) is 6.29. The van der Waals surface area contributed by atoms with Crippen molar-refractivity contribution in [3.8, 4) is 0 Å². The lowest BCUT2D eigenvalue weighted by Gasteiger charge is -2.30. The maximum absolute atomic E-state index is 5.48. The van der Waals surface area contributed by atoms with Gasteiger partial charge in [-0.15, -0.1) is 35.3 Å². The second-order valence-corrected chi connectivity index (χ2v) is 7.66. The van der Waals surface area contributed by atoms with Gasteiger partial charge < -0.3 is 20.3 Å². The molecule has 7 heteroatoms. The molecule has 27 heavy (non-hydrogen) atoms. The molecule has 0 aliphatic carbocycles. The first-order valence-corrected chi connectivity index (χ1v) is 10.1. The van der Waals surface area contributed by atoms with E-state index < -0.39 is 0 Å². The number of halogens is 1. The minimum Gasteiger partial charge on any atom is -0.378 e. The van der Waals surface area contributed by atoms with E-state index in [1.54, 1.807) is 0 Å². The van der Waals surface area contributed by atoms with Crippen LogP contribution in [0.2, 0.25) is 0 Å². The number of morpholine rings is 1. The maximum atomic E-state index is 5.48. The van der Waals surface area contributed by atoms with E-state index >= 15 is 0 Å². The summed E-state index contributed by atoms with van der Waals surface area (Å²) in [5.41, 5.74) is 2.52. The van der Waals surface area contributed by atoms with Crippen LogP contribution in [0, 0.1) is 6.92 Å². The molecule has 0 unspecified atom stereocenters. The molecule has 1 fully saturated rings. The molecule has 148 valence electrons. The Hall–Kier alpha value is -1.32. The fourth-order valence-corrected chi connectivity index (χ4v) is 3.84.